The molecule has 1 unspecified atom stereocenters. The normalized spacial score (nSPS) is 40.9. The molecule has 2 saturated carbocycles. The van der Waals surface area contributed by atoms with Gasteiger partial charge >= 0.3 is 0 Å². The van der Waals surface area contributed by atoms with Crippen LogP contribution in [0.15, 0.2) is 9.66 Å². The van der Waals surface area contributed by atoms with Gasteiger partial charge in [0.15, 0.2) is 0 Å². The zero-order valence-electron chi connectivity index (χ0n) is 10.9. The summed E-state index contributed by atoms with van der Waals surface area (Å²) in [4.78, 5) is 0. The van der Waals surface area contributed by atoms with Gasteiger partial charge in [0.05, 0.1) is 6.07 Å². The molecular formula is C15H22IN. The third-order valence-corrected chi connectivity index (χ3v) is 6.08. The molecule has 0 bridgehead atoms. The third kappa shape index (κ3) is 2.28. The fraction of sp³-hybridized carbons (Fsp3) is 0.800. The molecule has 0 radical (unpaired) electrons. The lowest BCUT2D eigenvalue weighted by Crippen LogP contribution is -2.35. The van der Waals surface area contributed by atoms with Crippen LogP contribution >= 0.6 is 22.6 Å². The molecule has 1 nitrogen and oxygen atoms in total. The highest BCUT2D eigenvalue weighted by Crippen LogP contribution is 2.59. The van der Waals surface area contributed by atoms with Gasteiger partial charge in [0.25, 0.3) is 0 Å². The number of allylic oxidation sites excluding steroid dienone is 1. The van der Waals surface area contributed by atoms with Crippen LogP contribution in [-0.4, -0.2) is 0 Å². The summed E-state index contributed by atoms with van der Waals surface area (Å²) < 4.78 is 2.33. The first-order valence-corrected chi connectivity index (χ1v) is 8.04. The summed E-state index contributed by atoms with van der Waals surface area (Å²) in [5.74, 6) is 2.14. The van der Waals surface area contributed by atoms with Gasteiger partial charge in [0.1, 0.15) is 0 Å². The highest BCUT2D eigenvalue weighted by molar-refractivity contribution is 14.1. The average Bonchev–Trinajstić information content (AvgIpc) is 2.66. The quantitative estimate of drug-likeness (QED) is 0.642. The van der Waals surface area contributed by atoms with Crippen molar-refractivity contribution in [1.29, 1.82) is 5.26 Å². The lowest BCUT2D eigenvalue weighted by atomic mass is 9.61. The molecule has 2 heteroatoms. The van der Waals surface area contributed by atoms with E-state index in [-0.39, 0.29) is 0 Å². The monoisotopic (exact) mass is 343 g/mol. The molecule has 2 aliphatic carbocycles. The van der Waals surface area contributed by atoms with Gasteiger partial charge in [-0.1, -0.05) is 42.0 Å². The summed E-state index contributed by atoms with van der Waals surface area (Å²) in [5.41, 5.74) is 2.16. The number of hydrogen-bond donors (Lipinski definition) is 0. The van der Waals surface area contributed by atoms with Crippen LogP contribution in [0.3, 0.4) is 0 Å². The molecule has 4 atom stereocenters. The standard InChI is InChI=1S/C15H22IN/c1-11(7-9-17)13-5-6-14-12(10-16)4-3-8-15(13,14)2/h10-11,13-14H,3-8H2,1-2H3/b12-10+/t11-,13-,14?,15-/m1/s1. The average molecular weight is 343 g/mol. The molecule has 0 aromatic carbocycles. The van der Waals surface area contributed by atoms with Crippen molar-refractivity contribution < 1.29 is 0 Å². The van der Waals surface area contributed by atoms with Crippen molar-refractivity contribution in [3.05, 3.63) is 9.66 Å². The van der Waals surface area contributed by atoms with E-state index in [1.54, 1.807) is 5.57 Å². The van der Waals surface area contributed by atoms with Gasteiger partial charge in [-0.2, -0.15) is 5.26 Å². The lowest BCUT2D eigenvalue weighted by molar-refractivity contribution is 0.0993. The Morgan fingerprint density at radius 3 is 3.00 bits per heavy atom. The van der Waals surface area contributed by atoms with E-state index in [0.717, 1.165) is 18.3 Å². The highest BCUT2D eigenvalue weighted by atomic mass is 127. The Labute approximate surface area is 119 Å². The van der Waals surface area contributed by atoms with Crippen molar-refractivity contribution in [2.24, 2.45) is 23.2 Å². The minimum Gasteiger partial charge on any atom is -0.198 e. The predicted octanol–water partition coefficient (Wildman–Crippen LogP) is 5.07. The molecule has 0 spiro atoms. The second kappa shape index (κ2) is 5.30. The summed E-state index contributed by atoms with van der Waals surface area (Å²) >= 11 is 2.42. The fourth-order valence-electron chi connectivity index (χ4n) is 4.43. The van der Waals surface area contributed by atoms with Crippen LogP contribution in [0, 0.1) is 34.5 Å². The number of nitriles is 1. The SMILES string of the molecule is C[C@H](CC#N)[C@H]1CCC2/C(=C/I)CCC[C@@]21C. The van der Waals surface area contributed by atoms with Crippen molar-refractivity contribution >= 4 is 22.6 Å². The first-order chi connectivity index (χ1) is 8.13. The zero-order chi connectivity index (χ0) is 12.5. The van der Waals surface area contributed by atoms with E-state index in [0.29, 0.717) is 11.3 Å². The molecule has 0 aliphatic heterocycles. The van der Waals surface area contributed by atoms with Gasteiger partial charge < -0.3 is 0 Å². The second-order valence-electron chi connectivity index (χ2n) is 6.12. The maximum Gasteiger partial charge on any atom is 0.0624 e. The van der Waals surface area contributed by atoms with Crippen LogP contribution in [0.1, 0.15) is 52.4 Å². The van der Waals surface area contributed by atoms with Gasteiger partial charge in [-0.3, -0.25) is 0 Å². The smallest absolute Gasteiger partial charge is 0.0624 e. The van der Waals surface area contributed by atoms with Crippen molar-refractivity contribution in [2.75, 3.05) is 0 Å². The minimum atomic E-state index is 0.478. The number of fused-ring (bicyclic) bond motifs is 1. The molecule has 2 aliphatic rings. The molecule has 94 valence electrons. The first-order valence-electron chi connectivity index (χ1n) is 6.79. The van der Waals surface area contributed by atoms with Crippen LogP contribution in [0.4, 0.5) is 0 Å². The number of rotatable bonds is 2. The molecule has 17 heavy (non-hydrogen) atoms. The van der Waals surface area contributed by atoms with Crippen LogP contribution in [0.5, 0.6) is 0 Å². The third-order valence-electron chi connectivity index (χ3n) is 5.28. The van der Waals surface area contributed by atoms with Gasteiger partial charge in [-0.25, -0.2) is 0 Å². The first kappa shape index (κ1) is 13.4. The van der Waals surface area contributed by atoms with Crippen LogP contribution < -0.4 is 0 Å². The van der Waals surface area contributed by atoms with Gasteiger partial charge in [0.2, 0.25) is 0 Å². The summed E-state index contributed by atoms with van der Waals surface area (Å²) in [6.45, 7) is 4.77. The van der Waals surface area contributed by atoms with Gasteiger partial charge in [0, 0.05) is 6.42 Å². The van der Waals surface area contributed by atoms with Crippen LogP contribution in [0.2, 0.25) is 0 Å². The van der Waals surface area contributed by atoms with E-state index in [1.165, 1.54) is 32.1 Å². The predicted molar refractivity (Wildman–Crippen MR) is 79.7 cm³/mol. The fourth-order valence-corrected chi connectivity index (χ4v) is 5.18. The Hall–Kier alpha value is -0.0400. The molecule has 2 fully saturated rings. The second-order valence-corrected chi connectivity index (χ2v) is 6.74. The van der Waals surface area contributed by atoms with E-state index < -0.39 is 0 Å². The Morgan fingerprint density at radius 1 is 1.59 bits per heavy atom. The topological polar surface area (TPSA) is 23.8 Å². The largest absolute Gasteiger partial charge is 0.198 e. The Morgan fingerprint density at radius 2 is 2.35 bits per heavy atom. The minimum absolute atomic E-state index is 0.478. The van der Waals surface area contributed by atoms with Crippen molar-refractivity contribution in [3.8, 4) is 6.07 Å². The Balaban J connectivity index is 2.21. The maximum absolute atomic E-state index is 8.91. The highest BCUT2D eigenvalue weighted by Gasteiger charge is 2.50. The van der Waals surface area contributed by atoms with E-state index in [1.807, 2.05) is 0 Å². The van der Waals surface area contributed by atoms with Gasteiger partial charge in [-0.15, -0.1) is 0 Å². The molecular weight excluding hydrogens is 321 g/mol. The number of hydrogen-bond acceptors (Lipinski definition) is 1. The van der Waals surface area contributed by atoms with E-state index >= 15 is 0 Å². The zero-order valence-corrected chi connectivity index (χ0v) is 13.0. The van der Waals surface area contributed by atoms with Gasteiger partial charge in [-0.05, 0) is 59.4 Å². The molecule has 0 aromatic rings. The molecule has 0 N–H and O–H groups in total. The summed E-state index contributed by atoms with van der Waals surface area (Å²) in [7, 11) is 0. The van der Waals surface area contributed by atoms with E-state index in [4.69, 9.17) is 5.26 Å². The molecule has 2 rings (SSSR count). The molecule has 0 saturated heterocycles. The molecule has 0 amide bonds. The number of halogens is 1. The summed E-state index contributed by atoms with van der Waals surface area (Å²) in [6.07, 6.45) is 7.44. The molecule has 0 aromatic heterocycles. The van der Waals surface area contributed by atoms with Crippen molar-refractivity contribution in [1.82, 2.24) is 0 Å². The lowest BCUT2D eigenvalue weighted by Gasteiger charge is -2.44. The summed E-state index contributed by atoms with van der Waals surface area (Å²) in [6, 6.07) is 2.37. The molecule has 0 heterocycles. The maximum atomic E-state index is 8.91. The van der Waals surface area contributed by atoms with Crippen LogP contribution in [0.25, 0.3) is 0 Å². The van der Waals surface area contributed by atoms with Crippen LogP contribution in [-0.2, 0) is 0 Å². The van der Waals surface area contributed by atoms with E-state index in [9.17, 15) is 0 Å². The Kier molecular flexibility index (Phi) is 4.18. The number of nitrogens with zero attached hydrogens (tertiary/aromatic N) is 1. The summed E-state index contributed by atoms with van der Waals surface area (Å²) in [5, 5.41) is 8.91. The Bertz CT molecular complexity index is 354. The van der Waals surface area contributed by atoms with Crippen molar-refractivity contribution in [3.63, 3.8) is 0 Å². The van der Waals surface area contributed by atoms with Crippen molar-refractivity contribution in [2.45, 2.75) is 52.4 Å². The van der Waals surface area contributed by atoms with E-state index in [2.05, 4.69) is 46.6 Å².